The number of nitrogens with one attached hydrogen (secondary N) is 1. The Morgan fingerprint density at radius 1 is 1.31 bits per heavy atom. The van der Waals surface area contributed by atoms with Gasteiger partial charge in [-0.25, -0.2) is 10.2 Å². The first kappa shape index (κ1) is 20.8. The van der Waals surface area contributed by atoms with E-state index >= 15 is 0 Å². The lowest BCUT2D eigenvalue weighted by atomic mass is 10.2. The molecule has 8 nitrogen and oxygen atoms in total. The summed E-state index contributed by atoms with van der Waals surface area (Å²) in [6.07, 6.45) is 1.52. The maximum absolute atomic E-state index is 11.9. The van der Waals surface area contributed by atoms with E-state index in [9.17, 15) is 9.59 Å². The van der Waals surface area contributed by atoms with E-state index in [4.69, 9.17) is 9.47 Å². The lowest BCUT2D eigenvalue weighted by Gasteiger charge is -2.25. The van der Waals surface area contributed by atoms with Crippen molar-refractivity contribution < 1.29 is 23.8 Å². The van der Waals surface area contributed by atoms with Crippen LogP contribution >= 0.6 is 31.9 Å². The number of benzene rings is 1. The summed E-state index contributed by atoms with van der Waals surface area (Å²) < 4.78 is 16.5. The van der Waals surface area contributed by atoms with Crippen LogP contribution in [0.4, 0.5) is 0 Å². The molecule has 0 atom stereocenters. The second kappa shape index (κ2) is 10.6. The maximum atomic E-state index is 11.9. The van der Waals surface area contributed by atoms with Gasteiger partial charge in [0.05, 0.1) is 42.0 Å². The summed E-state index contributed by atoms with van der Waals surface area (Å²) >= 11 is 6.76. The van der Waals surface area contributed by atoms with Gasteiger partial charge in [-0.1, -0.05) is 0 Å². The molecule has 1 fully saturated rings. The molecule has 0 saturated carbocycles. The van der Waals surface area contributed by atoms with Crippen molar-refractivity contribution in [1.82, 2.24) is 10.3 Å². The van der Waals surface area contributed by atoms with Crippen LogP contribution in [0.3, 0.4) is 0 Å². The molecule has 1 heterocycles. The predicted molar refractivity (Wildman–Crippen MR) is 102 cm³/mol. The first-order valence-electron chi connectivity index (χ1n) is 7.80. The largest absolute Gasteiger partial charge is 0.480 e. The van der Waals surface area contributed by atoms with Gasteiger partial charge in [-0.3, -0.25) is 9.69 Å². The highest BCUT2D eigenvalue weighted by molar-refractivity contribution is 9.11. The number of halogens is 2. The van der Waals surface area contributed by atoms with Crippen molar-refractivity contribution in [3.63, 3.8) is 0 Å². The van der Waals surface area contributed by atoms with Crippen LogP contribution in [0, 0.1) is 0 Å². The minimum Gasteiger partial charge on any atom is -0.480 e. The van der Waals surface area contributed by atoms with Gasteiger partial charge in [0.15, 0.2) is 6.61 Å². The van der Waals surface area contributed by atoms with Gasteiger partial charge in [0.25, 0.3) is 5.91 Å². The molecule has 0 spiro atoms. The number of amides is 1. The van der Waals surface area contributed by atoms with Gasteiger partial charge in [-0.2, -0.15) is 5.10 Å². The molecule has 2 rings (SSSR count). The normalized spacial score (nSPS) is 15.0. The van der Waals surface area contributed by atoms with Crippen LogP contribution in [-0.2, 0) is 19.1 Å². The molecule has 1 aromatic rings. The van der Waals surface area contributed by atoms with Crippen molar-refractivity contribution in [2.45, 2.75) is 0 Å². The van der Waals surface area contributed by atoms with Crippen molar-refractivity contribution in [2.24, 2.45) is 5.10 Å². The average molecular weight is 493 g/mol. The summed E-state index contributed by atoms with van der Waals surface area (Å²) in [7, 11) is 1.29. The molecule has 1 aliphatic rings. The number of carbonyl (C=O) groups excluding carboxylic acids is 2. The molecule has 0 radical (unpaired) electrons. The van der Waals surface area contributed by atoms with E-state index in [0.29, 0.717) is 27.9 Å². The quantitative estimate of drug-likeness (QED) is 0.353. The van der Waals surface area contributed by atoms with Crippen LogP contribution in [0.15, 0.2) is 26.2 Å². The number of nitrogens with zero attached hydrogens (tertiary/aromatic N) is 2. The fourth-order valence-corrected chi connectivity index (χ4v) is 3.61. The minimum absolute atomic E-state index is 0.181. The van der Waals surface area contributed by atoms with Crippen LogP contribution in [0.2, 0.25) is 0 Å². The highest BCUT2D eigenvalue weighted by Gasteiger charge is 2.14. The number of hydrogen-bond acceptors (Lipinski definition) is 7. The molecule has 1 amide bonds. The van der Waals surface area contributed by atoms with E-state index < -0.39 is 5.97 Å². The second-order valence-electron chi connectivity index (χ2n) is 5.36. The molecule has 0 aromatic heterocycles. The third kappa shape index (κ3) is 6.67. The first-order chi connectivity index (χ1) is 12.5. The number of morpholine rings is 1. The molecule has 26 heavy (non-hydrogen) atoms. The molecule has 0 unspecified atom stereocenters. The summed E-state index contributed by atoms with van der Waals surface area (Å²) in [5, 5.41) is 3.97. The smallest absolute Gasteiger partial charge is 0.343 e. The number of hydrogen-bond donors (Lipinski definition) is 1. The third-order valence-corrected chi connectivity index (χ3v) is 4.63. The summed E-state index contributed by atoms with van der Waals surface area (Å²) in [5.41, 5.74) is 3.24. The number of carbonyl (C=O) groups is 2. The molecule has 0 aliphatic carbocycles. The zero-order valence-corrected chi connectivity index (χ0v) is 17.3. The molecule has 142 valence electrons. The Bertz CT molecular complexity index is 655. The Morgan fingerprint density at radius 3 is 2.58 bits per heavy atom. The van der Waals surface area contributed by atoms with Gasteiger partial charge >= 0.3 is 5.97 Å². The zero-order valence-electron chi connectivity index (χ0n) is 14.2. The number of methoxy groups -OCH3 is 1. The van der Waals surface area contributed by atoms with Crippen LogP contribution in [0.1, 0.15) is 5.56 Å². The van der Waals surface area contributed by atoms with Crippen molar-refractivity contribution in [3.8, 4) is 5.75 Å². The lowest BCUT2D eigenvalue weighted by molar-refractivity contribution is -0.143. The highest BCUT2D eigenvalue weighted by Crippen LogP contribution is 2.34. The van der Waals surface area contributed by atoms with Crippen molar-refractivity contribution in [1.29, 1.82) is 0 Å². The van der Waals surface area contributed by atoms with Crippen molar-refractivity contribution >= 4 is 50.0 Å². The standard InChI is InChI=1S/C16H19Br2N3O5/c1-24-15(23)10-26-16-12(17)6-11(7-13(16)18)8-19-20-14(22)9-21-2-4-25-5-3-21/h6-8H,2-5,9-10H2,1H3,(H,20,22). The fraction of sp³-hybridized carbons (Fsp3) is 0.438. The summed E-state index contributed by atoms with van der Waals surface area (Å²) in [6.45, 7) is 2.85. The molecule has 1 N–H and O–H groups in total. The zero-order chi connectivity index (χ0) is 18.9. The first-order valence-corrected chi connectivity index (χ1v) is 9.39. The van der Waals surface area contributed by atoms with Gasteiger partial charge in [0.1, 0.15) is 5.75 Å². The summed E-state index contributed by atoms with van der Waals surface area (Å²) in [4.78, 5) is 25.1. The SMILES string of the molecule is COC(=O)COc1c(Br)cc(C=NNC(=O)CN2CCOCC2)cc1Br. The molecular formula is C16H19Br2N3O5. The minimum atomic E-state index is -0.475. The number of hydrazone groups is 1. The number of ether oxygens (including phenoxy) is 3. The highest BCUT2D eigenvalue weighted by atomic mass is 79.9. The van der Waals surface area contributed by atoms with Crippen LogP contribution in [-0.4, -0.2) is 69.6 Å². The Kier molecular flexibility index (Phi) is 8.49. The molecule has 1 aromatic carbocycles. The van der Waals surface area contributed by atoms with Gasteiger partial charge in [-0.15, -0.1) is 0 Å². The summed E-state index contributed by atoms with van der Waals surface area (Å²) in [6, 6.07) is 3.52. The van der Waals surface area contributed by atoms with Crippen LogP contribution < -0.4 is 10.2 Å². The average Bonchev–Trinajstić information content (AvgIpc) is 2.61. The van der Waals surface area contributed by atoms with E-state index in [1.165, 1.54) is 13.3 Å². The van der Waals surface area contributed by atoms with Gasteiger partial charge in [0.2, 0.25) is 0 Å². The van der Waals surface area contributed by atoms with Crippen molar-refractivity contribution in [2.75, 3.05) is 46.6 Å². The van der Waals surface area contributed by atoms with Crippen LogP contribution in [0.25, 0.3) is 0 Å². The Morgan fingerprint density at radius 2 is 1.96 bits per heavy atom. The topological polar surface area (TPSA) is 89.5 Å². The van der Waals surface area contributed by atoms with Gasteiger partial charge < -0.3 is 14.2 Å². The molecular weight excluding hydrogens is 474 g/mol. The Hall–Kier alpha value is -1.49. The van der Waals surface area contributed by atoms with Gasteiger partial charge in [0, 0.05) is 13.1 Å². The van der Waals surface area contributed by atoms with E-state index in [0.717, 1.165) is 18.7 Å². The predicted octanol–water partition coefficient (Wildman–Crippen LogP) is 1.55. The second-order valence-corrected chi connectivity index (χ2v) is 7.07. The van der Waals surface area contributed by atoms with E-state index in [-0.39, 0.29) is 19.1 Å². The summed E-state index contributed by atoms with van der Waals surface area (Å²) in [5.74, 6) is -0.180. The fourth-order valence-electron chi connectivity index (χ4n) is 2.16. The maximum Gasteiger partial charge on any atom is 0.343 e. The lowest BCUT2D eigenvalue weighted by Crippen LogP contribution is -2.42. The van der Waals surface area contributed by atoms with E-state index in [1.807, 2.05) is 4.90 Å². The molecule has 10 heteroatoms. The monoisotopic (exact) mass is 491 g/mol. The Balaban J connectivity index is 1.89. The third-order valence-electron chi connectivity index (χ3n) is 3.46. The Labute approximate surface area is 168 Å². The van der Waals surface area contributed by atoms with Gasteiger partial charge in [-0.05, 0) is 49.6 Å². The van der Waals surface area contributed by atoms with E-state index in [2.05, 4.69) is 47.1 Å². The number of esters is 1. The molecule has 0 bridgehead atoms. The number of rotatable bonds is 7. The van der Waals surface area contributed by atoms with E-state index in [1.54, 1.807) is 12.1 Å². The molecule has 1 saturated heterocycles. The van der Waals surface area contributed by atoms with Crippen LogP contribution in [0.5, 0.6) is 5.75 Å². The van der Waals surface area contributed by atoms with Crippen molar-refractivity contribution in [3.05, 3.63) is 26.6 Å². The molecule has 1 aliphatic heterocycles.